The molecule has 2 rings (SSSR count). The first-order valence-corrected chi connectivity index (χ1v) is 6.44. The van der Waals surface area contributed by atoms with Crippen LogP contribution in [0.5, 0.6) is 0 Å². The SMILES string of the molecule is Cc1ccccc1CC(CCl)Cc1ccoc1. The first-order valence-electron chi connectivity index (χ1n) is 5.91. The lowest BCUT2D eigenvalue weighted by Gasteiger charge is -2.14. The molecule has 0 aliphatic rings. The van der Waals surface area contributed by atoms with Crippen LogP contribution in [-0.2, 0) is 12.8 Å². The van der Waals surface area contributed by atoms with E-state index in [1.807, 2.05) is 6.07 Å². The van der Waals surface area contributed by atoms with Crippen molar-refractivity contribution in [2.75, 3.05) is 5.88 Å². The predicted octanol–water partition coefficient (Wildman–Crippen LogP) is 4.23. The van der Waals surface area contributed by atoms with Gasteiger partial charge in [0.2, 0.25) is 0 Å². The van der Waals surface area contributed by atoms with Crippen LogP contribution in [0.15, 0.2) is 47.3 Å². The summed E-state index contributed by atoms with van der Waals surface area (Å²) in [5.74, 6) is 1.15. The normalized spacial score (nSPS) is 12.6. The summed E-state index contributed by atoms with van der Waals surface area (Å²) in [5, 5.41) is 0. The molecule has 1 atom stereocenters. The Balaban J connectivity index is 2.03. The molecule has 1 aromatic carbocycles. The zero-order valence-corrected chi connectivity index (χ0v) is 10.8. The molecule has 0 aliphatic carbocycles. The summed E-state index contributed by atoms with van der Waals surface area (Å²) in [7, 11) is 0. The summed E-state index contributed by atoms with van der Waals surface area (Å²) in [5.41, 5.74) is 3.96. The van der Waals surface area contributed by atoms with Gasteiger partial charge in [0.15, 0.2) is 0 Å². The Labute approximate surface area is 107 Å². The molecule has 0 spiro atoms. The summed E-state index contributed by atoms with van der Waals surface area (Å²) < 4.78 is 5.09. The van der Waals surface area contributed by atoms with Crippen LogP contribution in [-0.4, -0.2) is 5.88 Å². The number of furan rings is 1. The molecule has 0 amide bonds. The Bertz CT molecular complexity index is 448. The molecule has 2 aromatic rings. The number of hydrogen-bond acceptors (Lipinski definition) is 1. The predicted molar refractivity (Wildman–Crippen MR) is 71.5 cm³/mol. The number of aryl methyl sites for hydroxylation is 1. The van der Waals surface area contributed by atoms with Crippen molar-refractivity contribution in [2.45, 2.75) is 19.8 Å². The Morgan fingerprint density at radius 3 is 2.65 bits per heavy atom. The maximum absolute atomic E-state index is 6.06. The largest absolute Gasteiger partial charge is 0.472 e. The van der Waals surface area contributed by atoms with Gasteiger partial charge in [-0.25, -0.2) is 0 Å². The number of halogens is 1. The van der Waals surface area contributed by atoms with E-state index in [4.69, 9.17) is 16.0 Å². The Kier molecular flexibility index (Phi) is 4.27. The van der Waals surface area contributed by atoms with Gasteiger partial charge in [0, 0.05) is 5.88 Å². The fourth-order valence-electron chi connectivity index (χ4n) is 2.07. The van der Waals surface area contributed by atoms with E-state index in [2.05, 4.69) is 31.2 Å². The fourth-order valence-corrected chi connectivity index (χ4v) is 2.29. The van der Waals surface area contributed by atoms with Crippen molar-refractivity contribution >= 4 is 11.6 Å². The standard InChI is InChI=1S/C15H17ClO/c1-12-4-2-3-5-15(12)9-14(10-16)8-13-6-7-17-11-13/h2-7,11,14H,8-10H2,1H3. The van der Waals surface area contributed by atoms with Crippen LogP contribution in [0, 0.1) is 12.8 Å². The Hall–Kier alpha value is -1.21. The maximum atomic E-state index is 6.06. The molecule has 1 heterocycles. The third kappa shape index (κ3) is 3.37. The highest BCUT2D eigenvalue weighted by molar-refractivity contribution is 6.18. The van der Waals surface area contributed by atoms with Crippen molar-refractivity contribution in [1.29, 1.82) is 0 Å². The Morgan fingerprint density at radius 2 is 2.00 bits per heavy atom. The van der Waals surface area contributed by atoms with E-state index < -0.39 is 0 Å². The molecule has 17 heavy (non-hydrogen) atoms. The summed E-state index contributed by atoms with van der Waals surface area (Å²) in [6, 6.07) is 10.5. The highest BCUT2D eigenvalue weighted by Gasteiger charge is 2.11. The zero-order valence-electron chi connectivity index (χ0n) is 10.0. The highest BCUT2D eigenvalue weighted by Crippen LogP contribution is 2.18. The summed E-state index contributed by atoms with van der Waals surface area (Å²) in [4.78, 5) is 0. The molecule has 2 heteroatoms. The highest BCUT2D eigenvalue weighted by atomic mass is 35.5. The number of rotatable bonds is 5. The number of hydrogen-bond donors (Lipinski definition) is 0. The maximum Gasteiger partial charge on any atom is 0.0934 e. The van der Waals surface area contributed by atoms with Crippen molar-refractivity contribution in [3.8, 4) is 0 Å². The quantitative estimate of drug-likeness (QED) is 0.722. The second-order valence-electron chi connectivity index (χ2n) is 4.49. The zero-order chi connectivity index (χ0) is 12.1. The van der Waals surface area contributed by atoms with E-state index in [1.54, 1.807) is 12.5 Å². The van der Waals surface area contributed by atoms with Gasteiger partial charge in [0.05, 0.1) is 12.5 Å². The molecule has 90 valence electrons. The van der Waals surface area contributed by atoms with Crippen molar-refractivity contribution in [1.82, 2.24) is 0 Å². The molecule has 0 saturated carbocycles. The van der Waals surface area contributed by atoms with Crippen LogP contribution < -0.4 is 0 Å². The second-order valence-corrected chi connectivity index (χ2v) is 4.80. The summed E-state index contributed by atoms with van der Waals surface area (Å²) in [6.45, 7) is 2.15. The summed E-state index contributed by atoms with van der Waals surface area (Å²) in [6.07, 6.45) is 5.53. The molecule has 0 fully saturated rings. The van der Waals surface area contributed by atoms with Crippen molar-refractivity contribution in [2.24, 2.45) is 5.92 Å². The van der Waals surface area contributed by atoms with Gasteiger partial charge in [-0.05, 0) is 48.4 Å². The first kappa shape index (κ1) is 12.3. The molecule has 0 saturated heterocycles. The molecule has 0 radical (unpaired) electrons. The lowest BCUT2D eigenvalue weighted by Crippen LogP contribution is -2.10. The van der Waals surface area contributed by atoms with Crippen LogP contribution in [0.1, 0.15) is 16.7 Å². The smallest absolute Gasteiger partial charge is 0.0934 e. The average Bonchev–Trinajstić information content (AvgIpc) is 2.84. The van der Waals surface area contributed by atoms with Gasteiger partial charge >= 0.3 is 0 Å². The van der Waals surface area contributed by atoms with Crippen LogP contribution in [0.2, 0.25) is 0 Å². The van der Waals surface area contributed by atoms with E-state index in [9.17, 15) is 0 Å². The number of benzene rings is 1. The van der Waals surface area contributed by atoms with Crippen LogP contribution in [0.3, 0.4) is 0 Å². The minimum Gasteiger partial charge on any atom is -0.472 e. The van der Waals surface area contributed by atoms with Crippen LogP contribution >= 0.6 is 11.6 Å². The van der Waals surface area contributed by atoms with Crippen molar-refractivity contribution in [3.05, 3.63) is 59.5 Å². The topological polar surface area (TPSA) is 13.1 Å². The Morgan fingerprint density at radius 1 is 1.18 bits per heavy atom. The molecule has 0 bridgehead atoms. The molecule has 1 unspecified atom stereocenters. The van der Waals surface area contributed by atoms with Gasteiger partial charge in [-0.1, -0.05) is 24.3 Å². The van der Waals surface area contributed by atoms with Crippen molar-refractivity contribution in [3.63, 3.8) is 0 Å². The van der Waals surface area contributed by atoms with E-state index >= 15 is 0 Å². The van der Waals surface area contributed by atoms with Gasteiger partial charge in [-0.15, -0.1) is 11.6 Å². The van der Waals surface area contributed by atoms with Crippen LogP contribution in [0.25, 0.3) is 0 Å². The monoisotopic (exact) mass is 248 g/mol. The lowest BCUT2D eigenvalue weighted by molar-refractivity contribution is 0.547. The van der Waals surface area contributed by atoms with Gasteiger partial charge in [-0.3, -0.25) is 0 Å². The average molecular weight is 249 g/mol. The summed E-state index contributed by atoms with van der Waals surface area (Å²) >= 11 is 6.06. The third-order valence-corrected chi connectivity index (χ3v) is 3.53. The second kappa shape index (κ2) is 5.92. The van der Waals surface area contributed by atoms with Gasteiger partial charge in [0.1, 0.15) is 0 Å². The lowest BCUT2D eigenvalue weighted by atomic mass is 9.93. The fraction of sp³-hybridized carbons (Fsp3) is 0.333. The van der Waals surface area contributed by atoms with Gasteiger partial charge in [-0.2, -0.15) is 0 Å². The first-order chi connectivity index (χ1) is 8.29. The van der Waals surface area contributed by atoms with E-state index in [0.29, 0.717) is 11.8 Å². The molecule has 1 aromatic heterocycles. The van der Waals surface area contributed by atoms with Gasteiger partial charge < -0.3 is 4.42 Å². The third-order valence-electron chi connectivity index (χ3n) is 3.09. The molecule has 1 nitrogen and oxygen atoms in total. The van der Waals surface area contributed by atoms with E-state index in [1.165, 1.54) is 16.7 Å². The van der Waals surface area contributed by atoms with E-state index in [-0.39, 0.29) is 0 Å². The molecular weight excluding hydrogens is 232 g/mol. The molecule has 0 N–H and O–H groups in total. The minimum atomic E-state index is 0.468. The van der Waals surface area contributed by atoms with Gasteiger partial charge in [0.25, 0.3) is 0 Å². The van der Waals surface area contributed by atoms with Crippen molar-refractivity contribution < 1.29 is 4.42 Å². The minimum absolute atomic E-state index is 0.468. The number of alkyl halides is 1. The van der Waals surface area contributed by atoms with Crippen LogP contribution in [0.4, 0.5) is 0 Å². The van der Waals surface area contributed by atoms with E-state index in [0.717, 1.165) is 12.8 Å². The molecular formula is C15H17ClO. The molecule has 0 aliphatic heterocycles.